The Morgan fingerprint density at radius 2 is 1.71 bits per heavy atom. The van der Waals surface area contributed by atoms with Gasteiger partial charge in [0.2, 0.25) is 0 Å². The third kappa shape index (κ3) is 3.62. The van der Waals surface area contributed by atoms with E-state index in [1.165, 1.54) is 31.2 Å². The number of benzene rings is 2. The van der Waals surface area contributed by atoms with Gasteiger partial charge in [0.05, 0.1) is 5.02 Å². The number of Topliss-reactive ketones (excluding diaryl/α,β-unsaturated/α-hetero) is 1. The van der Waals surface area contributed by atoms with Gasteiger partial charge in [-0.2, -0.15) is 8.42 Å². The van der Waals surface area contributed by atoms with E-state index < -0.39 is 10.1 Å². The van der Waals surface area contributed by atoms with E-state index in [1.807, 2.05) is 0 Å². The maximum absolute atomic E-state index is 12.2. The van der Waals surface area contributed by atoms with E-state index in [1.54, 1.807) is 25.1 Å². The van der Waals surface area contributed by atoms with Crippen LogP contribution in [0.3, 0.4) is 0 Å². The van der Waals surface area contributed by atoms with Gasteiger partial charge >= 0.3 is 10.1 Å². The fraction of sp³-hybridized carbons (Fsp3) is 0.133. The number of carbonyl (C=O) groups is 1. The Labute approximate surface area is 128 Å². The van der Waals surface area contributed by atoms with Crippen LogP contribution >= 0.6 is 11.6 Å². The summed E-state index contributed by atoms with van der Waals surface area (Å²) in [6, 6.07) is 10.4. The summed E-state index contributed by atoms with van der Waals surface area (Å²) >= 11 is 5.92. The van der Waals surface area contributed by atoms with Gasteiger partial charge in [-0.15, -0.1) is 0 Å². The summed E-state index contributed by atoms with van der Waals surface area (Å²) in [6.07, 6.45) is 0. The maximum Gasteiger partial charge on any atom is 0.339 e. The van der Waals surface area contributed by atoms with Crippen LogP contribution in [0.4, 0.5) is 0 Å². The Balaban J connectivity index is 2.34. The molecule has 0 saturated heterocycles. The van der Waals surface area contributed by atoms with Crippen molar-refractivity contribution >= 4 is 27.5 Å². The third-order valence-electron chi connectivity index (χ3n) is 2.84. The Morgan fingerprint density at radius 3 is 2.29 bits per heavy atom. The highest BCUT2D eigenvalue weighted by Gasteiger charge is 2.18. The lowest BCUT2D eigenvalue weighted by Crippen LogP contribution is -2.10. The first kappa shape index (κ1) is 15.5. The Kier molecular flexibility index (Phi) is 4.34. The fourth-order valence-electron chi connectivity index (χ4n) is 1.70. The number of hydrogen-bond acceptors (Lipinski definition) is 4. The second-order valence-electron chi connectivity index (χ2n) is 4.55. The van der Waals surface area contributed by atoms with Crippen molar-refractivity contribution in [1.82, 2.24) is 0 Å². The molecular weight excluding hydrogens is 312 g/mol. The van der Waals surface area contributed by atoms with Gasteiger partial charge in [-0.05, 0) is 43.7 Å². The number of aryl methyl sites for hydroxylation is 1. The van der Waals surface area contributed by atoms with Gasteiger partial charge in [-0.3, -0.25) is 4.79 Å². The number of halogens is 1. The molecule has 0 amide bonds. The van der Waals surface area contributed by atoms with Gasteiger partial charge in [0.25, 0.3) is 0 Å². The Bertz CT molecular complexity index is 780. The highest BCUT2D eigenvalue weighted by molar-refractivity contribution is 7.87. The molecule has 6 heteroatoms. The van der Waals surface area contributed by atoms with Crippen molar-refractivity contribution in [1.29, 1.82) is 0 Å². The summed E-state index contributed by atoms with van der Waals surface area (Å²) in [5.74, 6) is -0.0612. The average molecular weight is 325 g/mol. The molecule has 4 nitrogen and oxygen atoms in total. The lowest BCUT2D eigenvalue weighted by Gasteiger charge is -2.09. The van der Waals surface area contributed by atoms with Crippen LogP contribution in [-0.2, 0) is 10.1 Å². The van der Waals surface area contributed by atoms with Crippen LogP contribution in [0.1, 0.15) is 22.8 Å². The first-order valence-corrected chi connectivity index (χ1v) is 7.90. The van der Waals surface area contributed by atoms with Gasteiger partial charge in [0.1, 0.15) is 4.90 Å². The number of ketones is 1. The molecule has 0 fully saturated rings. The largest absolute Gasteiger partial charge is 0.377 e. The second-order valence-corrected chi connectivity index (χ2v) is 6.51. The lowest BCUT2D eigenvalue weighted by atomic mass is 10.2. The molecule has 0 spiro atoms. The van der Waals surface area contributed by atoms with Crippen molar-refractivity contribution in [3.05, 3.63) is 58.6 Å². The van der Waals surface area contributed by atoms with Gasteiger partial charge in [-0.25, -0.2) is 0 Å². The zero-order valence-corrected chi connectivity index (χ0v) is 13.0. The summed E-state index contributed by atoms with van der Waals surface area (Å²) in [5, 5.41) is 0.213. The van der Waals surface area contributed by atoms with Crippen molar-refractivity contribution in [3.8, 4) is 5.75 Å². The number of carbonyl (C=O) groups excluding carboxylic acids is 1. The molecule has 110 valence electrons. The Morgan fingerprint density at radius 1 is 1.10 bits per heavy atom. The van der Waals surface area contributed by atoms with Crippen LogP contribution in [0, 0.1) is 6.92 Å². The van der Waals surface area contributed by atoms with Crippen LogP contribution in [0.2, 0.25) is 5.02 Å². The maximum atomic E-state index is 12.2. The molecule has 0 N–H and O–H groups in total. The van der Waals surface area contributed by atoms with E-state index in [0.717, 1.165) is 5.56 Å². The standard InChI is InChI=1S/C15H13ClO4S/c1-10-3-8-14(16)15(9-10)20-21(18,19)13-6-4-12(5-7-13)11(2)17/h3-9H,1-2H3. The minimum absolute atomic E-state index is 0.0370. The molecule has 2 aromatic rings. The van der Waals surface area contributed by atoms with E-state index in [-0.39, 0.29) is 21.5 Å². The monoisotopic (exact) mass is 324 g/mol. The summed E-state index contributed by atoms with van der Waals surface area (Å²) < 4.78 is 29.4. The molecule has 2 rings (SSSR count). The fourth-order valence-corrected chi connectivity index (χ4v) is 2.84. The van der Waals surface area contributed by atoms with Crippen molar-refractivity contribution in [2.24, 2.45) is 0 Å². The van der Waals surface area contributed by atoms with Crippen molar-refractivity contribution < 1.29 is 17.4 Å². The van der Waals surface area contributed by atoms with Gasteiger partial charge in [-0.1, -0.05) is 29.8 Å². The minimum atomic E-state index is -3.99. The molecule has 0 unspecified atom stereocenters. The van der Waals surface area contributed by atoms with Crippen LogP contribution < -0.4 is 4.18 Å². The zero-order valence-electron chi connectivity index (χ0n) is 11.5. The molecule has 0 saturated carbocycles. The van der Waals surface area contributed by atoms with Crippen molar-refractivity contribution in [2.75, 3.05) is 0 Å². The summed E-state index contributed by atoms with van der Waals surface area (Å²) in [4.78, 5) is 11.1. The molecule has 0 radical (unpaired) electrons. The summed E-state index contributed by atoms with van der Waals surface area (Å²) in [7, 11) is -3.99. The van der Waals surface area contributed by atoms with E-state index in [9.17, 15) is 13.2 Å². The zero-order chi connectivity index (χ0) is 15.6. The molecule has 0 heterocycles. The van der Waals surface area contributed by atoms with Gasteiger partial charge < -0.3 is 4.18 Å². The van der Waals surface area contributed by atoms with Crippen LogP contribution in [0.15, 0.2) is 47.4 Å². The van der Waals surface area contributed by atoms with E-state index >= 15 is 0 Å². The second kappa shape index (κ2) is 5.87. The molecule has 0 atom stereocenters. The van der Waals surface area contributed by atoms with Crippen molar-refractivity contribution in [2.45, 2.75) is 18.7 Å². The average Bonchev–Trinajstić information content (AvgIpc) is 2.43. The van der Waals surface area contributed by atoms with Gasteiger partial charge in [0, 0.05) is 5.56 Å². The number of rotatable bonds is 4. The summed E-state index contributed by atoms with van der Waals surface area (Å²) in [5.41, 5.74) is 1.26. The minimum Gasteiger partial charge on any atom is -0.377 e. The van der Waals surface area contributed by atoms with E-state index in [4.69, 9.17) is 15.8 Å². The number of hydrogen-bond donors (Lipinski definition) is 0. The molecule has 21 heavy (non-hydrogen) atoms. The normalized spacial score (nSPS) is 11.2. The molecule has 0 aliphatic heterocycles. The summed E-state index contributed by atoms with van der Waals surface area (Å²) in [6.45, 7) is 3.21. The van der Waals surface area contributed by atoms with E-state index in [0.29, 0.717) is 5.56 Å². The van der Waals surface area contributed by atoms with Crippen LogP contribution in [0.5, 0.6) is 5.75 Å². The van der Waals surface area contributed by atoms with Crippen LogP contribution in [0.25, 0.3) is 0 Å². The van der Waals surface area contributed by atoms with Crippen molar-refractivity contribution in [3.63, 3.8) is 0 Å². The predicted octanol–water partition coefficient (Wildman–Crippen LogP) is 3.62. The Hall–Kier alpha value is -1.85. The molecule has 0 aliphatic rings. The highest BCUT2D eigenvalue weighted by Crippen LogP contribution is 2.28. The first-order valence-electron chi connectivity index (χ1n) is 6.11. The van der Waals surface area contributed by atoms with Gasteiger partial charge in [0.15, 0.2) is 11.5 Å². The predicted molar refractivity (Wildman–Crippen MR) is 80.4 cm³/mol. The molecule has 0 bridgehead atoms. The molecule has 0 aliphatic carbocycles. The van der Waals surface area contributed by atoms with E-state index in [2.05, 4.69) is 0 Å². The molecule has 0 aromatic heterocycles. The quantitative estimate of drug-likeness (QED) is 0.636. The topological polar surface area (TPSA) is 60.4 Å². The van der Waals surface area contributed by atoms with Crippen LogP contribution in [-0.4, -0.2) is 14.2 Å². The highest BCUT2D eigenvalue weighted by atomic mass is 35.5. The first-order chi connectivity index (χ1) is 9.79. The molecular formula is C15H13ClO4S. The SMILES string of the molecule is CC(=O)c1ccc(S(=O)(=O)Oc2cc(C)ccc2Cl)cc1. The third-order valence-corrected chi connectivity index (χ3v) is 4.40. The molecule has 2 aromatic carbocycles. The lowest BCUT2D eigenvalue weighted by molar-refractivity contribution is 0.101. The smallest absolute Gasteiger partial charge is 0.339 e.